The van der Waals surface area contributed by atoms with Crippen LogP contribution in [0.25, 0.3) is 6.08 Å². The van der Waals surface area contributed by atoms with E-state index in [0.29, 0.717) is 0 Å². The molecule has 0 radical (unpaired) electrons. The molecule has 0 aliphatic carbocycles. The number of benzene rings is 2. The zero-order chi connectivity index (χ0) is 13.5. The molecule has 0 bridgehead atoms. The van der Waals surface area contributed by atoms with Crippen LogP contribution < -0.4 is 5.73 Å². The number of rotatable bonds is 5. The van der Waals surface area contributed by atoms with Crippen LogP contribution in [0, 0.1) is 0 Å². The van der Waals surface area contributed by atoms with E-state index < -0.39 is 0 Å². The van der Waals surface area contributed by atoms with E-state index in [1.165, 1.54) is 16.7 Å². The maximum Gasteiger partial charge on any atom is 0.00509 e. The third kappa shape index (κ3) is 4.72. The summed E-state index contributed by atoms with van der Waals surface area (Å²) in [5, 5.41) is 0. The van der Waals surface area contributed by atoms with Gasteiger partial charge in [0.25, 0.3) is 0 Å². The topological polar surface area (TPSA) is 26.0 Å². The Balaban J connectivity index is 1.91. The summed E-state index contributed by atoms with van der Waals surface area (Å²) in [6.07, 6.45) is 6.28. The minimum Gasteiger partial charge on any atom is -0.328 e. The number of nitrogens with two attached hydrogens (primary N) is 1. The van der Waals surface area contributed by atoms with E-state index >= 15 is 0 Å². The highest BCUT2D eigenvalue weighted by molar-refractivity contribution is 5.49. The Labute approximate surface area is 115 Å². The number of allylic oxidation sites excluding steroid dienone is 1. The van der Waals surface area contributed by atoms with E-state index in [4.69, 9.17) is 5.73 Å². The van der Waals surface area contributed by atoms with E-state index in [0.717, 1.165) is 12.8 Å². The molecule has 2 rings (SSSR count). The second kappa shape index (κ2) is 6.91. The summed E-state index contributed by atoms with van der Waals surface area (Å²) in [6.45, 7) is 2.04. The molecule has 2 aromatic carbocycles. The van der Waals surface area contributed by atoms with Crippen molar-refractivity contribution in [2.75, 3.05) is 0 Å². The Morgan fingerprint density at radius 2 is 1.58 bits per heavy atom. The SMILES string of the molecule is CC(N)Cc1ccc(CC=Cc2ccccc2)cc1. The molecule has 2 aromatic rings. The maximum absolute atomic E-state index is 5.80. The molecule has 0 aliphatic rings. The van der Waals surface area contributed by atoms with Gasteiger partial charge in [-0.05, 0) is 36.5 Å². The molecule has 0 aromatic heterocycles. The average molecular weight is 251 g/mol. The summed E-state index contributed by atoms with van der Waals surface area (Å²) in [6, 6.07) is 19.3. The van der Waals surface area contributed by atoms with Gasteiger partial charge in [0, 0.05) is 6.04 Å². The van der Waals surface area contributed by atoms with Crippen LogP contribution in [0.5, 0.6) is 0 Å². The Morgan fingerprint density at radius 3 is 2.21 bits per heavy atom. The van der Waals surface area contributed by atoms with Gasteiger partial charge in [0.1, 0.15) is 0 Å². The molecule has 2 N–H and O–H groups in total. The zero-order valence-electron chi connectivity index (χ0n) is 11.4. The first-order valence-corrected chi connectivity index (χ1v) is 6.79. The van der Waals surface area contributed by atoms with Gasteiger partial charge in [0.05, 0.1) is 0 Å². The van der Waals surface area contributed by atoms with Gasteiger partial charge < -0.3 is 5.73 Å². The van der Waals surface area contributed by atoms with Crippen LogP contribution in [0.2, 0.25) is 0 Å². The lowest BCUT2D eigenvalue weighted by Crippen LogP contribution is -2.17. The molecule has 1 unspecified atom stereocenters. The molecule has 1 atom stereocenters. The standard InChI is InChI=1S/C18H21N/c1-15(19)14-18-12-10-17(11-13-18)9-5-8-16-6-3-2-4-7-16/h2-8,10-13,15H,9,14,19H2,1H3. The van der Waals surface area contributed by atoms with Crippen LogP contribution in [0.4, 0.5) is 0 Å². The van der Waals surface area contributed by atoms with Crippen LogP contribution in [0.3, 0.4) is 0 Å². The molecule has 0 amide bonds. The van der Waals surface area contributed by atoms with Gasteiger partial charge in [-0.25, -0.2) is 0 Å². The van der Waals surface area contributed by atoms with Crippen LogP contribution >= 0.6 is 0 Å². The molecule has 98 valence electrons. The summed E-state index contributed by atoms with van der Waals surface area (Å²) < 4.78 is 0. The highest BCUT2D eigenvalue weighted by atomic mass is 14.6. The second-order valence-electron chi connectivity index (χ2n) is 5.02. The molecule has 0 saturated heterocycles. The minimum atomic E-state index is 0.226. The number of hydrogen-bond acceptors (Lipinski definition) is 1. The van der Waals surface area contributed by atoms with Crippen molar-refractivity contribution in [3.8, 4) is 0 Å². The van der Waals surface area contributed by atoms with E-state index in [2.05, 4.69) is 60.7 Å². The first kappa shape index (κ1) is 13.6. The summed E-state index contributed by atoms with van der Waals surface area (Å²) in [7, 11) is 0. The number of hydrogen-bond donors (Lipinski definition) is 1. The van der Waals surface area contributed by atoms with E-state index in [1.807, 2.05) is 13.0 Å². The summed E-state index contributed by atoms with van der Waals surface area (Å²) in [5.74, 6) is 0. The van der Waals surface area contributed by atoms with E-state index in [1.54, 1.807) is 0 Å². The van der Waals surface area contributed by atoms with E-state index in [9.17, 15) is 0 Å². The first-order valence-electron chi connectivity index (χ1n) is 6.79. The van der Waals surface area contributed by atoms with Gasteiger partial charge in [-0.2, -0.15) is 0 Å². The molecule has 1 heteroatoms. The van der Waals surface area contributed by atoms with Crippen molar-refractivity contribution in [1.29, 1.82) is 0 Å². The average Bonchev–Trinajstić information content (AvgIpc) is 2.41. The normalized spacial score (nSPS) is 12.7. The molecule has 0 fully saturated rings. The molecular weight excluding hydrogens is 230 g/mol. The van der Waals surface area contributed by atoms with Crippen molar-refractivity contribution < 1.29 is 0 Å². The third-order valence-corrected chi connectivity index (χ3v) is 3.04. The largest absolute Gasteiger partial charge is 0.328 e. The quantitative estimate of drug-likeness (QED) is 0.858. The summed E-state index contributed by atoms with van der Waals surface area (Å²) in [4.78, 5) is 0. The van der Waals surface area contributed by atoms with Gasteiger partial charge in [-0.15, -0.1) is 0 Å². The lowest BCUT2D eigenvalue weighted by atomic mass is 10.0. The van der Waals surface area contributed by atoms with E-state index in [-0.39, 0.29) is 6.04 Å². The van der Waals surface area contributed by atoms with Gasteiger partial charge in [-0.1, -0.05) is 66.7 Å². The monoisotopic (exact) mass is 251 g/mol. The van der Waals surface area contributed by atoms with Crippen molar-refractivity contribution in [2.24, 2.45) is 5.73 Å². The minimum absolute atomic E-state index is 0.226. The lowest BCUT2D eigenvalue weighted by molar-refractivity contribution is 0.738. The lowest BCUT2D eigenvalue weighted by Gasteiger charge is -2.05. The second-order valence-corrected chi connectivity index (χ2v) is 5.02. The fourth-order valence-corrected chi connectivity index (χ4v) is 2.08. The van der Waals surface area contributed by atoms with Crippen molar-refractivity contribution >= 4 is 6.08 Å². The molecule has 19 heavy (non-hydrogen) atoms. The first-order chi connectivity index (χ1) is 9.24. The van der Waals surface area contributed by atoms with Crippen LogP contribution in [-0.2, 0) is 12.8 Å². The molecule has 1 nitrogen and oxygen atoms in total. The Morgan fingerprint density at radius 1 is 0.947 bits per heavy atom. The van der Waals surface area contributed by atoms with Crippen LogP contribution in [0.1, 0.15) is 23.6 Å². The maximum atomic E-state index is 5.80. The highest BCUT2D eigenvalue weighted by Crippen LogP contribution is 2.09. The molecule has 0 heterocycles. The molecule has 0 spiro atoms. The van der Waals surface area contributed by atoms with Crippen LogP contribution in [0.15, 0.2) is 60.7 Å². The van der Waals surface area contributed by atoms with Crippen LogP contribution in [-0.4, -0.2) is 6.04 Å². The van der Waals surface area contributed by atoms with Gasteiger partial charge in [-0.3, -0.25) is 0 Å². The summed E-state index contributed by atoms with van der Waals surface area (Å²) >= 11 is 0. The van der Waals surface area contributed by atoms with Crippen molar-refractivity contribution in [2.45, 2.75) is 25.8 Å². The van der Waals surface area contributed by atoms with Crippen molar-refractivity contribution in [3.63, 3.8) is 0 Å². The predicted molar refractivity (Wildman–Crippen MR) is 83.0 cm³/mol. The van der Waals surface area contributed by atoms with Gasteiger partial charge in [0.2, 0.25) is 0 Å². The fraction of sp³-hybridized carbons (Fsp3) is 0.222. The predicted octanol–water partition coefficient (Wildman–Crippen LogP) is 3.83. The molecule has 0 saturated carbocycles. The highest BCUT2D eigenvalue weighted by Gasteiger charge is 1.97. The Kier molecular flexibility index (Phi) is 4.93. The smallest absolute Gasteiger partial charge is 0.00509 e. The van der Waals surface area contributed by atoms with Crippen molar-refractivity contribution in [3.05, 3.63) is 77.4 Å². The summed E-state index contributed by atoms with van der Waals surface area (Å²) in [5.41, 5.74) is 9.69. The Hall–Kier alpha value is -1.86. The zero-order valence-corrected chi connectivity index (χ0v) is 11.4. The Bertz CT molecular complexity index is 509. The third-order valence-electron chi connectivity index (χ3n) is 3.04. The molecular formula is C18H21N. The van der Waals surface area contributed by atoms with Gasteiger partial charge >= 0.3 is 0 Å². The van der Waals surface area contributed by atoms with Gasteiger partial charge in [0.15, 0.2) is 0 Å². The van der Waals surface area contributed by atoms with Crippen molar-refractivity contribution in [1.82, 2.24) is 0 Å². The fourth-order valence-electron chi connectivity index (χ4n) is 2.08. The molecule has 0 aliphatic heterocycles.